The molecule has 0 unspecified atom stereocenters. The third-order valence-corrected chi connectivity index (χ3v) is 3.19. The molecule has 0 atom stereocenters. The van der Waals surface area contributed by atoms with E-state index in [4.69, 9.17) is 11.6 Å². The first-order chi connectivity index (χ1) is 7.52. The SMILES string of the molecule is Cc1nn(CCCCNC(C)C)c(C)c1Cl. The van der Waals surface area contributed by atoms with Crippen molar-refractivity contribution in [2.24, 2.45) is 0 Å². The van der Waals surface area contributed by atoms with E-state index in [1.807, 2.05) is 18.5 Å². The largest absolute Gasteiger partial charge is 0.315 e. The van der Waals surface area contributed by atoms with Gasteiger partial charge in [0.25, 0.3) is 0 Å². The lowest BCUT2D eigenvalue weighted by molar-refractivity contribution is 0.505. The number of rotatable bonds is 6. The van der Waals surface area contributed by atoms with Crippen LogP contribution in [0.1, 0.15) is 38.1 Å². The van der Waals surface area contributed by atoms with Crippen molar-refractivity contribution in [1.82, 2.24) is 15.1 Å². The zero-order chi connectivity index (χ0) is 12.1. The molecule has 92 valence electrons. The van der Waals surface area contributed by atoms with E-state index in [0.717, 1.165) is 35.9 Å². The van der Waals surface area contributed by atoms with E-state index in [-0.39, 0.29) is 0 Å². The van der Waals surface area contributed by atoms with Gasteiger partial charge in [0.2, 0.25) is 0 Å². The molecule has 1 aromatic heterocycles. The Hall–Kier alpha value is -0.540. The van der Waals surface area contributed by atoms with Crippen LogP contribution >= 0.6 is 11.6 Å². The van der Waals surface area contributed by atoms with E-state index in [1.165, 1.54) is 6.42 Å². The molecule has 16 heavy (non-hydrogen) atoms. The summed E-state index contributed by atoms with van der Waals surface area (Å²) in [6.45, 7) is 10.3. The zero-order valence-electron chi connectivity index (χ0n) is 10.7. The molecule has 1 heterocycles. The molecule has 0 aliphatic rings. The summed E-state index contributed by atoms with van der Waals surface area (Å²) in [4.78, 5) is 0. The lowest BCUT2D eigenvalue weighted by atomic mass is 10.3. The molecule has 0 fully saturated rings. The highest BCUT2D eigenvalue weighted by Gasteiger charge is 2.07. The molecule has 0 radical (unpaired) electrons. The molecule has 0 aliphatic carbocycles. The molecule has 0 saturated heterocycles. The number of aryl methyl sites for hydroxylation is 2. The van der Waals surface area contributed by atoms with Crippen LogP contribution in [0.25, 0.3) is 0 Å². The minimum absolute atomic E-state index is 0.572. The Morgan fingerprint density at radius 1 is 1.31 bits per heavy atom. The number of nitrogens with zero attached hydrogens (tertiary/aromatic N) is 2. The van der Waals surface area contributed by atoms with Gasteiger partial charge >= 0.3 is 0 Å². The van der Waals surface area contributed by atoms with Crippen molar-refractivity contribution in [1.29, 1.82) is 0 Å². The Morgan fingerprint density at radius 2 is 2.00 bits per heavy atom. The van der Waals surface area contributed by atoms with E-state index >= 15 is 0 Å². The van der Waals surface area contributed by atoms with Crippen molar-refractivity contribution in [3.8, 4) is 0 Å². The molecule has 0 aliphatic heterocycles. The van der Waals surface area contributed by atoms with Gasteiger partial charge in [0.15, 0.2) is 0 Å². The first-order valence-electron chi connectivity index (χ1n) is 5.95. The number of nitrogens with one attached hydrogen (secondary N) is 1. The first-order valence-corrected chi connectivity index (χ1v) is 6.33. The van der Waals surface area contributed by atoms with Crippen molar-refractivity contribution >= 4 is 11.6 Å². The zero-order valence-corrected chi connectivity index (χ0v) is 11.4. The maximum atomic E-state index is 6.08. The van der Waals surface area contributed by atoms with Crippen molar-refractivity contribution < 1.29 is 0 Å². The summed E-state index contributed by atoms with van der Waals surface area (Å²) in [5.41, 5.74) is 2.01. The number of halogens is 1. The molecule has 1 aromatic rings. The molecule has 4 heteroatoms. The van der Waals surface area contributed by atoms with Crippen LogP contribution in [0.5, 0.6) is 0 Å². The molecule has 1 rings (SSSR count). The van der Waals surface area contributed by atoms with E-state index < -0.39 is 0 Å². The highest BCUT2D eigenvalue weighted by atomic mass is 35.5. The number of hydrogen-bond acceptors (Lipinski definition) is 2. The number of hydrogen-bond donors (Lipinski definition) is 1. The summed E-state index contributed by atoms with van der Waals surface area (Å²) in [5.74, 6) is 0. The van der Waals surface area contributed by atoms with Crippen LogP contribution in [-0.4, -0.2) is 22.4 Å². The van der Waals surface area contributed by atoms with Crippen LogP contribution in [0.2, 0.25) is 5.02 Å². The maximum Gasteiger partial charge on any atom is 0.0844 e. The van der Waals surface area contributed by atoms with Crippen molar-refractivity contribution in [2.75, 3.05) is 6.54 Å². The number of aromatic nitrogens is 2. The van der Waals surface area contributed by atoms with Gasteiger partial charge in [-0.25, -0.2) is 0 Å². The topological polar surface area (TPSA) is 29.9 Å². The quantitative estimate of drug-likeness (QED) is 0.779. The predicted octanol–water partition coefficient (Wildman–Crippen LogP) is 2.93. The van der Waals surface area contributed by atoms with Crippen LogP contribution in [0.3, 0.4) is 0 Å². The fraction of sp³-hybridized carbons (Fsp3) is 0.750. The third-order valence-electron chi connectivity index (χ3n) is 2.64. The molecule has 0 spiro atoms. The first kappa shape index (κ1) is 13.5. The van der Waals surface area contributed by atoms with Crippen molar-refractivity contribution in [3.05, 3.63) is 16.4 Å². The second-order valence-electron chi connectivity index (χ2n) is 4.52. The van der Waals surface area contributed by atoms with Gasteiger partial charge in [-0.1, -0.05) is 25.4 Å². The van der Waals surface area contributed by atoms with Crippen LogP contribution in [0.15, 0.2) is 0 Å². The monoisotopic (exact) mass is 243 g/mol. The molecule has 3 nitrogen and oxygen atoms in total. The van der Waals surface area contributed by atoms with Crippen molar-refractivity contribution in [3.63, 3.8) is 0 Å². The smallest absolute Gasteiger partial charge is 0.0844 e. The lowest BCUT2D eigenvalue weighted by Crippen LogP contribution is -2.23. The average Bonchev–Trinajstić information content (AvgIpc) is 2.45. The normalized spacial score (nSPS) is 11.4. The minimum atomic E-state index is 0.572. The predicted molar refractivity (Wildman–Crippen MR) is 69.1 cm³/mol. The Bertz CT molecular complexity index is 331. The molecular formula is C12H22ClN3. The van der Waals surface area contributed by atoms with Gasteiger partial charge in [0.05, 0.1) is 16.4 Å². The Kier molecular flexibility index (Phi) is 5.29. The fourth-order valence-electron chi connectivity index (χ4n) is 1.67. The number of unbranched alkanes of at least 4 members (excludes halogenated alkanes) is 1. The second-order valence-corrected chi connectivity index (χ2v) is 4.90. The molecule has 0 aromatic carbocycles. The average molecular weight is 244 g/mol. The van der Waals surface area contributed by atoms with Gasteiger partial charge < -0.3 is 5.32 Å². The molecule has 1 N–H and O–H groups in total. The van der Waals surface area contributed by atoms with Gasteiger partial charge in [-0.05, 0) is 33.2 Å². The summed E-state index contributed by atoms with van der Waals surface area (Å²) in [7, 11) is 0. The lowest BCUT2D eigenvalue weighted by Gasteiger charge is -2.08. The van der Waals surface area contributed by atoms with Crippen molar-refractivity contribution in [2.45, 2.75) is 53.1 Å². The highest BCUT2D eigenvalue weighted by Crippen LogP contribution is 2.19. The standard InChI is InChI=1S/C12H22ClN3/c1-9(2)14-7-5-6-8-16-11(4)12(13)10(3)15-16/h9,14H,5-8H2,1-4H3. The summed E-state index contributed by atoms with van der Waals surface area (Å²) in [5, 5.41) is 8.62. The van der Waals surface area contributed by atoms with E-state index in [9.17, 15) is 0 Å². The van der Waals surface area contributed by atoms with Gasteiger partial charge in [0, 0.05) is 12.6 Å². The summed E-state index contributed by atoms with van der Waals surface area (Å²) in [6.07, 6.45) is 2.31. The van der Waals surface area contributed by atoms with Gasteiger partial charge in [-0.15, -0.1) is 0 Å². The third kappa shape index (κ3) is 3.80. The Morgan fingerprint density at radius 3 is 2.50 bits per heavy atom. The molecule has 0 amide bonds. The van der Waals surface area contributed by atoms with E-state index in [0.29, 0.717) is 6.04 Å². The summed E-state index contributed by atoms with van der Waals surface area (Å²) < 4.78 is 2.01. The van der Waals surface area contributed by atoms with Crippen LogP contribution in [0.4, 0.5) is 0 Å². The Labute approximate surface area is 103 Å². The second kappa shape index (κ2) is 6.26. The van der Waals surface area contributed by atoms with Crippen LogP contribution in [0, 0.1) is 13.8 Å². The maximum absolute atomic E-state index is 6.08. The highest BCUT2D eigenvalue weighted by molar-refractivity contribution is 6.31. The summed E-state index contributed by atoms with van der Waals surface area (Å²) in [6, 6.07) is 0.572. The minimum Gasteiger partial charge on any atom is -0.315 e. The summed E-state index contributed by atoms with van der Waals surface area (Å²) >= 11 is 6.08. The fourth-order valence-corrected chi connectivity index (χ4v) is 1.81. The van der Waals surface area contributed by atoms with E-state index in [2.05, 4.69) is 24.3 Å². The molecular weight excluding hydrogens is 222 g/mol. The van der Waals surface area contributed by atoms with Gasteiger partial charge in [0.1, 0.15) is 0 Å². The van der Waals surface area contributed by atoms with Gasteiger partial charge in [-0.2, -0.15) is 5.10 Å². The van der Waals surface area contributed by atoms with Crippen LogP contribution < -0.4 is 5.32 Å². The Balaban J connectivity index is 2.29. The van der Waals surface area contributed by atoms with Crippen LogP contribution in [-0.2, 0) is 6.54 Å². The molecule has 0 bridgehead atoms. The van der Waals surface area contributed by atoms with E-state index in [1.54, 1.807) is 0 Å². The van der Waals surface area contributed by atoms with Gasteiger partial charge in [-0.3, -0.25) is 4.68 Å². The molecule has 0 saturated carbocycles.